The number of rotatable bonds is 4. The Morgan fingerprint density at radius 1 is 0.900 bits per heavy atom. The first-order chi connectivity index (χ1) is 14.1. The molecule has 30 heavy (non-hydrogen) atoms. The van der Waals surface area contributed by atoms with E-state index in [1.54, 1.807) is 39.0 Å². The van der Waals surface area contributed by atoms with Crippen molar-refractivity contribution in [1.29, 1.82) is 0 Å². The van der Waals surface area contributed by atoms with Crippen LogP contribution in [0.4, 0.5) is 20.3 Å². The molecule has 1 amide bonds. The summed E-state index contributed by atoms with van der Waals surface area (Å²) in [5.74, 6) is -2.50. The number of halogens is 2. The highest BCUT2D eigenvalue weighted by Gasteiger charge is 2.33. The maximum Gasteiger partial charge on any atom is 0.238 e. The Hall–Kier alpha value is -3.41. The molecule has 0 fully saturated rings. The number of ketones is 1. The zero-order chi connectivity index (χ0) is 22.1. The van der Waals surface area contributed by atoms with Crippen molar-refractivity contribution in [2.24, 2.45) is 5.41 Å². The second-order valence-corrected chi connectivity index (χ2v) is 8.06. The van der Waals surface area contributed by atoms with Crippen LogP contribution in [0.1, 0.15) is 42.3 Å². The molecule has 0 unspecified atom stereocenters. The smallest absolute Gasteiger partial charge is 0.238 e. The minimum Gasteiger partial charge on any atom is -0.289 e. The van der Waals surface area contributed by atoms with Crippen LogP contribution < -0.4 is 4.90 Å². The van der Waals surface area contributed by atoms with Gasteiger partial charge in [0.1, 0.15) is 23.1 Å². The Bertz CT molecular complexity index is 1080. The zero-order valence-electron chi connectivity index (χ0n) is 17.2. The molecular formula is C24H22F2N2O2. The van der Waals surface area contributed by atoms with Crippen LogP contribution >= 0.6 is 0 Å². The predicted octanol–water partition coefficient (Wildman–Crippen LogP) is 5.61. The number of anilines is 2. The summed E-state index contributed by atoms with van der Waals surface area (Å²) in [6, 6.07) is 13.4. The molecule has 0 radical (unpaired) electrons. The molecule has 0 aliphatic carbocycles. The van der Waals surface area contributed by atoms with Crippen molar-refractivity contribution in [2.75, 3.05) is 4.90 Å². The zero-order valence-corrected chi connectivity index (χ0v) is 17.2. The third kappa shape index (κ3) is 4.27. The Morgan fingerprint density at radius 2 is 1.53 bits per heavy atom. The fraction of sp³-hybridized carbons (Fsp3) is 0.208. The highest BCUT2D eigenvalue weighted by molar-refractivity contribution is 6.09. The first-order valence-electron chi connectivity index (χ1n) is 9.45. The lowest BCUT2D eigenvalue weighted by Gasteiger charge is -2.29. The first kappa shape index (κ1) is 21.3. The van der Waals surface area contributed by atoms with Crippen LogP contribution in [0, 0.1) is 24.0 Å². The Labute approximate surface area is 174 Å². The summed E-state index contributed by atoms with van der Waals surface area (Å²) >= 11 is 0. The van der Waals surface area contributed by atoms with Gasteiger partial charge >= 0.3 is 0 Å². The molecule has 0 aliphatic heterocycles. The summed E-state index contributed by atoms with van der Waals surface area (Å²) in [4.78, 5) is 30.9. The second kappa shape index (κ2) is 8.14. The molecule has 3 aromatic rings. The molecule has 0 saturated heterocycles. The van der Waals surface area contributed by atoms with Crippen molar-refractivity contribution in [3.05, 3.63) is 89.1 Å². The summed E-state index contributed by atoms with van der Waals surface area (Å²) in [5.41, 5.74) is 0.339. The van der Waals surface area contributed by atoms with Crippen LogP contribution in [-0.4, -0.2) is 16.7 Å². The average Bonchev–Trinajstić information content (AvgIpc) is 2.69. The summed E-state index contributed by atoms with van der Waals surface area (Å²) in [6.07, 6.45) is 1.31. The van der Waals surface area contributed by atoms with Crippen LogP contribution in [0.3, 0.4) is 0 Å². The molecule has 4 nitrogen and oxygen atoms in total. The normalized spacial score (nSPS) is 11.3. The SMILES string of the molecule is Cc1cccc(C(=O)c2ccc(N(C(=O)C(C)(C)C)c3c(F)cccc3F)nc2)c1. The number of aromatic nitrogens is 1. The van der Waals surface area contributed by atoms with Crippen molar-refractivity contribution in [2.45, 2.75) is 27.7 Å². The topological polar surface area (TPSA) is 50.3 Å². The van der Waals surface area contributed by atoms with E-state index in [-0.39, 0.29) is 11.6 Å². The fourth-order valence-corrected chi connectivity index (χ4v) is 2.96. The van der Waals surface area contributed by atoms with E-state index < -0.39 is 28.6 Å². The molecule has 3 rings (SSSR count). The van der Waals surface area contributed by atoms with E-state index in [0.717, 1.165) is 22.6 Å². The van der Waals surface area contributed by atoms with Gasteiger partial charge in [-0.05, 0) is 37.3 Å². The largest absolute Gasteiger partial charge is 0.289 e. The molecule has 0 spiro atoms. The summed E-state index contributed by atoms with van der Waals surface area (Å²) < 4.78 is 29.0. The van der Waals surface area contributed by atoms with E-state index in [4.69, 9.17) is 0 Å². The molecule has 2 aromatic carbocycles. The average molecular weight is 408 g/mol. The van der Waals surface area contributed by atoms with Gasteiger partial charge in [-0.1, -0.05) is 50.6 Å². The van der Waals surface area contributed by atoms with Crippen LogP contribution in [0.5, 0.6) is 0 Å². The highest BCUT2D eigenvalue weighted by Crippen LogP contribution is 2.33. The summed E-state index contributed by atoms with van der Waals surface area (Å²) in [7, 11) is 0. The fourth-order valence-electron chi connectivity index (χ4n) is 2.96. The summed E-state index contributed by atoms with van der Waals surface area (Å²) in [6.45, 7) is 6.83. The van der Waals surface area contributed by atoms with E-state index in [9.17, 15) is 18.4 Å². The molecule has 0 atom stereocenters. The van der Waals surface area contributed by atoms with Gasteiger partial charge in [0.05, 0.1) is 0 Å². The molecule has 1 heterocycles. The lowest BCUT2D eigenvalue weighted by atomic mass is 9.94. The monoisotopic (exact) mass is 408 g/mol. The maximum atomic E-state index is 14.5. The van der Waals surface area contributed by atoms with Crippen LogP contribution in [-0.2, 0) is 4.79 Å². The van der Waals surface area contributed by atoms with Crippen LogP contribution in [0.25, 0.3) is 0 Å². The number of amides is 1. The standard InChI is InChI=1S/C24H22F2N2O2/c1-15-7-5-8-16(13-15)22(29)17-11-12-20(27-14-17)28(23(30)24(2,3)4)21-18(25)9-6-10-19(21)26/h5-14H,1-4H3. The molecule has 1 aromatic heterocycles. The number of pyridine rings is 1. The lowest BCUT2D eigenvalue weighted by Crippen LogP contribution is -2.37. The van der Waals surface area contributed by atoms with Gasteiger partial charge in [0.15, 0.2) is 5.78 Å². The second-order valence-electron chi connectivity index (χ2n) is 8.06. The first-order valence-corrected chi connectivity index (χ1v) is 9.45. The van der Waals surface area contributed by atoms with Crippen molar-refractivity contribution in [1.82, 2.24) is 4.98 Å². The molecule has 0 saturated carbocycles. The van der Waals surface area contributed by atoms with E-state index in [2.05, 4.69) is 4.98 Å². The predicted molar refractivity (Wildman–Crippen MR) is 112 cm³/mol. The maximum absolute atomic E-state index is 14.5. The van der Waals surface area contributed by atoms with Gasteiger partial charge in [-0.25, -0.2) is 13.8 Å². The van der Waals surface area contributed by atoms with Crippen molar-refractivity contribution in [3.8, 4) is 0 Å². The molecule has 0 aliphatic rings. The Balaban J connectivity index is 2.05. The third-order valence-corrected chi connectivity index (χ3v) is 4.53. The van der Waals surface area contributed by atoms with E-state index in [1.807, 2.05) is 13.0 Å². The number of benzene rings is 2. The van der Waals surface area contributed by atoms with E-state index in [0.29, 0.717) is 11.1 Å². The molecule has 0 N–H and O–H groups in total. The highest BCUT2D eigenvalue weighted by atomic mass is 19.1. The quantitative estimate of drug-likeness (QED) is 0.527. The Morgan fingerprint density at radius 3 is 2.07 bits per heavy atom. The van der Waals surface area contributed by atoms with Gasteiger partial charge in [-0.2, -0.15) is 0 Å². The minimum atomic E-state index is -0.924. The van der Waals surface area contributed by atoms with Gasteiger partial charge in [0.2, 0.25) is 5.91 Å². The summed E-state index contributed by atoms with van der Waals surface area (Å²) in [5, 5.41) is 0. The number of hydrogen-bond acceptors (Lipinski definition) is 3. The van der Waals surface area contributed by atoms with Crippen LogP contribution in [0.2, 0.25) is 0 Å². The molecular weight excluding hydrogens is 386 g/mol. The number of aryl methyl sites for hydroxylation is 1. The number of para-hydroxylation sites is 1. The van der Waals surface area contributed by atoms with E-state index in [1.165, 1.54) is 24.4 Å². The lowest BCUT2D eigenvalue weighted by molar-refractivity contribution is -0.125. The van der Waals surface area contributed by atoms with Gasteiger partial charge < -0.3 is 0 Å². The number of nitrogens with zero attached hydrogens (tertiary/aromatic N) is 2. The van der Waals surface area contributed by atoms with Crippen molar-refractivity contribution < 1.29 is 18.4 Å². The molecule has 154 valence electrons. The number of carbonyl (C=O) groups is 2. The molecule has 6 heteroatoms. The Kier molecular flexibility index (Phi) is 5.78. The van der Waals surface area contributed by atoms with Crippen molar-refractivity contribution >= 4 is 23.2 Å². The third-order valence-electron chi connectivity index (χ3n) is 4.53. The minimum absolute atomic E-state index is 0.0275. The van der Waals surface area contributed by atoms with Crippen molar-refractivity contribution in [3.63, 3.8) is 0 Å². The number of hydrogen-bond donors (Lipinski definition) is 0. The molecule has 0 bridgehead atoms. The van der Waals surface area contributed by atoms with Crippen LogP contribution in [0.15, 0.2) is 60.8 Å². The van der Waals surface area contributed by atoms with Gasteiger partial charge in [0.25, 0.3) is 0 Å². The van der Waals surface area contributed by atoms with Gasteiger partial charge in [-0.3, -0.25) is 14.5 Å². The van der Waals surface area contributed by atoms with E-state index >= 15 is 0 Å². The number of carbonyl (C=O) groups excluding carboxylic acids is 2. The van der Waals surface area contributed by atoms with Gasteiger partial charge in [0, 0.05) is 22.7 Å². The van der Waals surface area contributed by atoms with Gasteiger partial charge in [-0.15, -0.1) is 0 Å².